The molecular formula is C16H21NO5. The molecule has 1 amide bonds. The Bertz CT molecular complexity index is 551. The second-order valence-corrected chi connectivity index (χ2v) is 5.42. The Morgan fingerprint density at radius 1 is 1.27 bits per heavy atom. The number of amides is 1. The van der Waals surface area contributed by atoms with Crippen LogP contribution in [0, 0.1) is 0 Å². The molecule has 1 aliphatic rings. The zero-order chi connectivity index (χ0) is 16.1. The van der Waals surface area contributed by atoms with E-state index in [2.05, 4.69) is 5.32 Å². The SMILES string of the molecule is COc1cc(C(=O)O)ccc1OC(C)C(=O)NC1CCCC1. The molecule has 1 saturated carbocycles. The Kier molecular flexibility index (Phi) is 5.25. The molecule has 1 aliphatic carbocycles. The highest BCUT2D eigenvalue weighted by molar-refractivity contribution is 5.88. The van der Waals surface area contributed by atoms with Gasteiger partial charge in [-0.15, -0.1) is 0 Å². The summed E-state index contributed by atoms with van der Waals surface area (Å²) in [6, 6.07) is 4.53. The van der Waals surface area contributed by atoms with Crippen LogP contribution in [-0.2, 0) is 4.79 Å². The fraction of sp³-hybridized carbons (Fsp3) is 0.500. The number of carbonyl (C=O) groups excluding carboxylic acids is 1. The van der Waals surface area contributed by atoms with Crippen LogP contribution in [0.25, 0.3) is 0 Å². The van der Waals surface area contributed by atoms with Gasteiger partial charge in [0.05, 0.1) is 12.7 Å². The zero-order valence-electron chi connectivity index (χ0n) is 12.8. The van der Waals surface area contributed by atoms with Gasteiger partial charge in [-0.3, -0.25) is 4.79 Å². The number of ether oxygens (including phenoxy) is 2. The van der Waals surface area contributed by atoms with Gasteiger partial charge in [0.25, 0.3) is 5.91 Å². The van der Waals surface area contributed by atoms with Crippen LogP contribution in [0.1, 0.15) is 43.0 Å². The molecule has 0 heterocycles. The van der Waals surface area contributed by atoms with Crippen molar-refractivity contribution in [2.75, 3.05) is 7.11 Å². The largest absolute Gasteiger partial charge is 0.493 e. The predicted molar refractivity (Wildman–Crippen MR) is 80.4 cm³/mol. The summed E-state index contributed by atoms with van der Waals surface area (Å²) >= 11 is 0. The lowest BCUT2D eigenvalue weighted by atomic mass is 10.2. The summed E-state index contributed by atoms with van der Waals surface area (Å²) in [6.45, 7) is 1.66. The van der Waals surface area contributed by atoms with Crippen molar-refractivity contribution < 1.29 is 24.2 Å². The van der Waals surface area contributed by atoms with Gasteiger partial charge in [-0.25, -0.2) is 4.79 Å². The minimum Gasteiger partial charge on any atom is -0.493 e. The summed E-state index contributed by atoms with van der Waals surface area (Å²) in [5.41, 5.74) is 0.104. The van der Waals surface area contributed by atoms with Crippen molar-refractivity contribution in [1.82, 2.24) is 5.32 Å². The Morgan fingerprint density at radius 2 is 1.95 bits per heavy atom. The van der Waals surface area contributed by atoms with Crippen LogP contribution >= 0.6 is 0 Å². The quantitative estimate of drug-likeness (QED) is 0.841. The Morgan fingerprint density at radius 3 is 2.55 bits per heavy atom. The van der Waals surface area contributed by atoms with Crippen molar-refractivity contribution in [3.05, 3.63) is 23.8 Å². The first kappa shape index (κ1) is 16.1. The van der Waals surface area contributed by atoms with E-state index in [-0.39, 0.29) is 17.5 Å². The van der Waals surface area contributed by atoms with Crippen LogP contribution in [0.4, 0.5) is 0 Å². The standard InChI is InChI=1S/C16H21NO5/c1-10(15(18)17-12-5-3-4-6-12)22-13-8-7-11(16(19)20)9-14(13)21-2/h7-10,12H,3-6H2,1-2H3,(H,17,18)(H,19,20). The summed E-state index contributed by atoms with van der Waals surface area (Å²) in [7, 11) is 1.43. The van der Waals surface area contributed by atoms with Gasteiger partial charge in [-0.05, 0) is 38.0 Å². The Labute approximate surface area is 129 Å². The molecule has 1 unspecified atom stereocenters. The molecule has 0 radical (unpaired) electrons. The number of hydrogen-bond donors (Lipinski definition) is 2. The summed E-state index contributed by atoms with van der Waals surface area (Å²) in [5.74, 6) is -0.574. The number of hydrogen-bond acceptors (Lipinski definition) is 4. The third kappa shape index (κ3) is 3.90. The molecular weight excluding hydrogens is 286 g/mol. The van der Waals surface area contributed by atoms with Gasteiger partial charge in [0.15, 0.2) is 17.6 Å². The highest BCUT2D eigenvalue weighted by atomic mass is 16.5. The van der Waals surface area contributed by atoms with Crippen LogP contribution in [0.15, 0.2) is 18.2 Å². The van der Waals surface area contributed by atoms with E-state index < -0.39 is 12.1 Å². The molecule has 2 N–H and O–H groups in total. The summed E-state index contributed by atoms with van der Waals surface area (Å²) in [6.07, 6.45) is 3.63. The Hall–Kier alpha value is -2.24. The molecule has 6 heteroatoms. The monoisotopic (exact) mass is 307 g/mol. The zero-order valence-corrected chi connectivity index (χ0v) is 12.8. The van der Waals surface area contributed by atoms with E-state index in [9.17, 15) is 9.59 Å². The van der Waals surface area contributed by atoms with Crippen LogP contribution < -0.4 is 14.8 Å². The average Bonchev–Trinajstić information content (AvgIpc) is 3.00. The second kappa shape index (κ2) is 7.15. The lowest BCUT2D eigenvalue weighted by Crippen LogP contribution is -2.41. The van der Waals surface area contributed by atoms with E-state index in [0.29, 0.717) is 11.5 Å². The fourth-order valence-corrected chi connectivity index (χ4v) is 2.53. The Balaban J connectivity index is 2.02. The maximum atomic E-state index is 12.1. The van der Waals surface area contributed by atoms with E-state index in [1.165, 1.54) is 25.3 Å². The molecule has 1 fully saturated rings. The van der Waals surface area contributed by atoms with Crippen LogP contribution in [0.3, 0.4) is 0 Å². The first-order valence-electron chi connectivity index (χ1n) is 7.39. The van der Waals surface area contributed by atoms with Gasteiger partial charge in [-0.2, -0.15) is 0 Å². The van der Waals surface area contributed by atoms with E-state index in [1.54, 1.807) is 6.92 Å². The molecule has 0 bridgehead atoms. The van der Waals surface area contributed by atoms with Crippen molar-refractivity contribution >= 4 is 11.9 Å². The maximum Gasteiger partial charge on any atom is 0.335 e. The van der Waals surface area contributed by atoms with E-state index >= 15 is 0 Å². The molecule has 1 atom stereocenters. The highest BCUT2D eigenvalue weighted by Gasteiger charge is 2.22. The summed E-state index contributed by atoms with van der Waals surface area (Å²) < 4.78 is 10.7. The van der Waals surface area contributed by atoms with Crippen LogP contribution in [0.5, 0.6) is 11.5 Å². The van der Waals surface area contributed by atoms with Crippen molar-refractivity contribution in [2.45, 2.75) is 44.8 Å². The van der Waals surface area contributed by atoms with E-state index in [0.717, 1.165) is 25.7 Å². The number of carboxylic acids is 1. The smallest absolute Gasteiger partial charge is 0.335 e. The van der Waals surface area contributed by atoms with Crippen molar-refractivity contribution in [3.63, 3.8) is 0 Å². The molecule has 2 rings (SSSR count). The van der Waals surface area contributed by atoms with Gasteiger partial charge in [0, 0.05) is 6.04 Å². The van der Waals surface area contributed by atoms with Gasteiger partial charge in [-0.1, -0.05) is 12.8 Å². The first-order chi connectivity index (χ1) is 10.5. The third-order valence-corrected chi connectivity index (χ3v) is 3.79. The molecule has 6 nitrogen and oxygen atoms in total. The van der Waals surface area contributed by atoms with Crippen molar-refractivity contribution in [1.29, 1.82) is 0 Å². The lowest BCUT2D eigenvalue weighted by molar-refractivity contribution is -0.128. The molecule has 1 aromatic carbocycles. The van der Waals surface area contributed by atoms with Gasteiger partial charge in [0.1, 0.15) is 0 Å². The first-order valence-corrected chi connectivity index (χ1v) is 7.39. The predicted octanol–water partition coefficient (Wildman–Crippen LogP) is 2.22. The number of rotatable bonds is 6. The van der Waals surface area contributed by atoms with Crippen LogP contribution in [-0.4, -0.2) is 36.2 Å². The maximum absolute atomic E-state index is 12.1. The lowest BCUT2D eigenvalue weighted by Gasteiger charge is -2.19. The number of carbonyl (C=O) groups is 2. The number of carboxylic acid groups (broad SMARTS) is 1. The second-order valence-electron chi connectivity index (χ2n) is 5.42. The molecule has 1 aromatic rings. The summed E-state index contributed by atoms with van der Waals surface area (Å²) in [4.78, 5) is 23.1. The molecule has 0 saturated heterocycles. The third-order valence-electron chi connectivity index (χ3n) is 3.79. The average molecular weight is 307 g/mol. The molecule has 120 valence electrons. The van der Waals surface area contributed by atoms with E-state index in [1.807, 2.05) is 0 Å². The van der Waals surface area contributed by atoms with Gasteiger partial charge >= 0.3 is 5.97 Å². The van der Waals surface area contributed by atoms with Crippen molar-refractivity contribution in [3.8, 4) is 11.5 Å². The normalized spacial score (nSPS) is 16.1. The highest BCUT2D eigenvalue weighted by Crippen LogP contribution is 2.29. The van der Waals surface area contributed by atoms with Crippen LogP contribution in [0.2, 0.25) is 0 Å². The number of methoxy groups -OCH3 is 1. The molecule has 22 heavy (non-hydrogen) atoms. The van der Waals surface area contributed by atoms with Gasteiger partial charge in [0.2, 0.25) is 0 Å². The topological polar surface area (TPSA) is 84.9 Å². The van der Waals surface area contributed by atoms with E-state index in [4.69, 9.17) is 14.6 Å². The minimum absolute atomic E-state index is 0.104. The van der Waals surface area contributed by atoms with Crippen molar-refractivity contribution in [2.24, 2.45) is 0 Å². The summed E-state index contributed by atoms with van der Waals surface area (Å²) in [5, 5.41) is 11.9. The molecule has 0 aliphatic heterocycles. The number of nitrogens with one attached hydrogen (secondary N) is 1. The molecule has 0 aromatic heterocycles. The number of aromatic carboxylic acids is 1. The number of benzene rings is 1. The minimum atomic E-state index is -1.04. The fourth-order valence-electron chi connectivity index (χ4n) is 2.53. The molecule has 0 spiro atoms. The van der Waals surface area contributed by atoms with Gasteiger partial charge < -0.3 is 19.9 Å².